The fraction of sp³-hybridized carbons (Fsp3) is 0.294. The molecule has 0 radical (unpaired) electrons. The average Bonchev–Trinajstić information content (AvgIpc) is 3.23. The van der Waals surface area contributed by atoms with Gasteiger partial charge in [-0.05, 0) is 60.6 Å². The third-order valence-electron chi connectivity index (χ3n) is 3.72. The zero-order valence-corrected chi connectivity index (χ0v) is 11.2. The molecule has 0 spiro atoms. The van der Waals surface area contributed by atoms with Crippen LogP contribution in [0.3, 0.4) is 0 Å². The number of benzene rings is 2. The number of anilines is 1. The van der Waals surface area contributed by atoms with Crippen molar-refractivity contribution in [2.45, 2.75) is 32.2 Å². The third-order valence-corrected chi connectivity index (χ3v) is 3.72. The van der Waals surface area contributed by atoms with Crippen molar-refractivity contribution in [3.05, 3.63) is 59.2 Å². The SMILES string of the molecule is Cc1cc(O)ccc1NCc1ccc(C2CC2)cc1. The van der Waals surface area contributed by atoms with E-state index < -0.39 is 0 Å². The van der Waals surface area contributed by atoms with Crippen molar-refractivity contribution < 1.29 is 5.11 Å². The minimum absolute atomic E-state index is 0.317. The molecule has 0 aliphatic heterocycles. The second kappa shape index (κ2) is 4.96. The summed E-state index contributed by atoms with van der Waals surface area (Å²) in [5, 5.41) is 12.8. The van der Waals surface area contributed by atoms with Crippen molar-refractivity contribution in [2.24, 2.45) is 0 Å². The van der Waals surface area contributed by atoms with Gasteiger partial charge < -0.3 is 10.4 Å². The van der Waals surface area contributed by atoms with Gasteiger partial charge in [0.25, 0.3) is 0 Å². The zero-order valence-electron chi connectivity index (χ0n) is 11.2. The van der Waals surface area contributed by atoms with Crippen molar-refractivity contribution in [3.8, 4) is 5.75 Å². The van der Waals surface area contributed by atoms with E-state index in [0.29, 0.717) is 5.75 Å². The van der Waals surface area contributed by atoms with Gasteiger partial charge in [0.15, 0.2) is 0 Å². The highest BCUT2D eigenvalue weighted by atomic mass is 16.3. The second-order valence-electron chi connectivity index (χ2n) is 5.37. The number of hydrogen-bond donors (Lipinski definition) is 2. The van der Waals surface area contributed by atoms with Crippen molar-refractivity contribution in [1.82, 2.24) is 0 Å². The fourth-order valence-electron chi connectivity index (χ4n) is 2.37. The van der Waals surface area contributed by atoms with Crippen LogP contribution >= 0.6 is 0 Å². The first-order valence-corrected chi connectivity index (χ1v) is 6.85. The standard InChI is InChI=1S/C17H19NO/c1-12-10-16(19)8-9-17(12)18-11-13-2-4-14(5-3-13)15-6-7-15/h2-5,8-10,15,18-19H,6-7,11H2,1H3. The molecule has 19 heavy (non-hydrogen) atoms. The van der Waals surface area contributed by atoms with Crippen LogP contribution in [0.25, 0.3) is 0 Å². The lowest BCUT2D eigenvalue weighted by Gasteiger charge is -2.10. The van der Waals surface area contributed by atoms with Crippen LogP contribution in [0.15, 0.2) is 42.5 Å². The predicted molar refractivity (Wildman–Crippen MR) is 78.6 cm³/mol. The summed E-state index contributed by atoms with van der Waals surface area (Å²) in [4.78, 5) is 0. The molecule has 2 aromatic rings. The first-order valence-electron chi connectivity index (χ1n) is 6.85. The lowest BCUT2D eigenvalue weighted by molar-refractivity contribution is 0.475. The Bertz CT molecular complexity index is 570. The number of phenols is 1. The van der Waals surface area contributed by atoms with Crippen LogP contribution in [0.5, 0.6) is 5.75 Å². The van der Waals surface area contributed by atoms with E-state index in [0.717, 1.165) is 23.7 Å². The number of nitrogens with one attached hydrogen (secondary N) is 1. The monoisotopic (exact) mass is 253 g/mol. The van der Waals surface area contributed by atoms with E-state index in [-0.39, 0.29) is 0 Å². The van der Waals surface area contributed by atoms with Crippen LogP contribution < -0.4 is 5.32 Å². The predicted octanol–water partition coefficient (Wildman–Crippen LogP) is 4.19. The smallest absolute Gasteiger partial charge is 0.115 e. The highest BCUT2D eigenvalue weighted by Gasteiger charge is 2.22. The highest BCUT2D eigenvalue weighted by Crippen LogP contribution is 2.39. The summed E-state index contributed by atoms with van der Waals surface area (Å²) in [5.41, 5.74) is 4.90. The van der Waals surface area contributed by atoms with Crippen LogP contribution in [0.4, 0.5) is 5.69 Å². The first-order chi connectivity index (χ1) is 9.22. The van der Waals surface area contributed by atoms with Crippen molar-refractivity contribution in [1.29, 1.82) is 0 Å². The molecule has 3 rings (SSSR count). The number of rotatable bonds is 4. The number of hydrogen-bond acceptors (Lipinski definition) is 2. The zero-order chi connectivity index (χ0) is 13.2. The van der Waals surface area contributed by atoms with Crippen LogP contribution in [0, 0.1) is 6.92 Å². The first kappa shape index (κ1) is 12.1. The van der Waals surface area contributed by atoms with E-state index in [1.807, 2.05) is 13.0 Å². The van der Waals surface area contributed by atoms with Crippen LogP contribution in [0.2, 0.25) is 0 Å². The van der Waals surface area contributed by atoms with E-state index in [1.165, 1.54) is 24.0 Å². The molecule has 1 saturated carbocycles. The van der Waals surface area contributed by atoms with Crippen molar-refractivity contribution >= 4 is 5.69 Å². The summed E-state index contributed by atoms with van der Waals surface area (Å²) >= 11 is 0. The molecule has 2 aromatic carbocycles. The Balaban J connectivity index is 1.64. The Morgan fingerprint density at radius 2 is 1.84 bits per heavy atom. The second-order valence-corrected chi connectivity index (χ2v) is 5.37. The molecule has 1 aliphatic rings. The molecule has 0 aromatic heterocycles. The normalized spacial score (nSPS) is 14.4. The topological polar surface area (TPSA) is 32.3 Å². The molecule has 0 bridgehead atoms. The van der Waals surface area contributed by atoms with Gasteiger partial charge in [0.2, 0.25) is 0 Å². The van der Waals surface area contributed by atoms with Gasteiger partial charge in [-0.1, -0.05) is 24.3 Å². The molecular weight excluding hydrogens is 234 g/mol. The molecule has 1 aliphatic carbocycles. The van der Waals surface area contributed by atoms with Gasteiger partial charge >= 0.3 is 0 Å². The van der Waals surface area contributed by atoms with Gasteiger partial charge in [0.1, 0.15) is 5.75 Å². The molecule has 98 valence electrons. The summed E-state index contributed by atoms with van der Waals surface area (Å²) < 4.78 is 0. The van der Waals surface area contributed by atoms with Gasteiger partial charge in [-0.15, -0.1) is 0 Å². The maximum Gasteiger partial charge on any atom is 0.115 e. The van der Waals surface area contributed by atoms with E-state index in [4.69, 9.17) is 0 Å². The molecule has 2 N–H and O–H groups in total. The van der Waals surface area contributed by atoms with E-state index in [2.05, 4.69) is 29.6 Å². The fourth-order valence-corrected chi connectivity index (χ4v) is 2.37. The third kappa shape index (κ3) is 2.90. The summed E-state index contributed by atoms with van der Waals surface area (Å²) in [7, 11) is 0. The quantitative estimate of drug-likeness (QED) is 0.801. The maximum atomic E-state index is 9.38. The molecule has 0 atom stereocenters. The molecule has 1 fully saturated rings. The van der Waals surface area contributed by atoms with Crippen LogP contribution in [-0.4, -0.2) is 5.11 Å². The summed E-state index contributed by atoms with van der Waals surface area (Å²) in [5.74, 6) is 1.14. The van der Waals surface area contributed by atoms with Crippen LogP contribution in [-0.2, 0) is 6.54 Å². The number of aromatic hydroxyl groups is 1. The van der Waals surface area contributed by atoms with E-state index in [1.54, 1.807) is 12.1 Å². The number of aryl methyl sites for hydroxylation is 1. The average molecular weight is 253 g/mol. The van der Waals surface area contributed by atoms with E-state index >= 15 is 0 Å². The Kier molecular flexibility index (Phi) is 3.16. The molecule has 2 nitrogen and oxygen atoms in total. The Hall–Kier alpha value is -1.96. The Morgan fingerprint density at radius 1 is 1.11 bits per heavy atom. The van der Waals surface area contributed by atoms with Gasteiger partial charge in [0, 0.05) is 12.2 Å². The molecule has 0 saturated heterocycles. The van der Waals surface area contributed by atoms with Gasteiger partial charge in [-0.25, -0.2) is 0 Å². The molecular formula is C17H19NO. The van der Waals surface area contributed by atoms with Gasteiger partial charge in [0.05, 0.1) is 0 Å². The van der Waals surface area contributed by atoms with Crippen molar-refractivity contribution in [2.75, 3.05) is 5.32 Å². The molecule has 0 amide bonds. The Morgan fingerprint density at radius 3 is 2.47 bits per heavy atom. The minimum Gasteiger partial charge on any atom is -0.508 e. The molecule has 0 unspecified atom stereocenters. The van der Waals surface area contributed by atoms with Crippen LogP contribution in [0.1, 0.15) is 35.4 Å². The van der Waals surface area contributed by atoms with Crippen molar-refractivity contribution in [3.63, 3.8) is 0 Å². The van der Waals surface area contributed by atoms with Gasteiger partial charge in [-0.3, -0.25) is 0 Å². The molecule has 2 heteroatoms. The lowest BCUT2D eigenvalue weighted by atomic mass is 10.1. The Labute approximate surface area is 114 Å². The van der Waals surface area contributed by atoms with E-state index in [9.17, 15) is 5.11 Å². The highest BCUT2D eigenvalue weighted by molar-refractivity contribution is 5.53. The minimum atomic E-state index is 0.317. The maximum absolute atomic E-state index is 9.38. The summed E-state index contributed by atoms with van der Waals surface area (Å²) in [6, 6.07) is 14.3. The van der Waals surface area contributed by atoms with Gasteiger partial charge in [-0.2, -0.15) is 0 Å². The summed E-state index contributed by atoms with van der Waals surface area (Å²) in [6.07, 6.45) is 2.70. The largest absolute Gasteiger partial charge is 0.508 e. The lowest BCUT2D eigenvalue weighted by Crippen LogP contribution is -2.00. The summed E-state index contributed by atoms with van der Waals surface area (Å²) in [6.45, 7) is 2.81. The number of phenolic OH excluding ortho intramolecular Hbond substituents is 1. The molecule has 0 heterocycles.